The van der Waals surface area contributed by atoms with E-state index in [2.05, 4.69) is 24.4 Å². The van der Waals surface area contributed by atoms with Crippen molar-refractivity contribution in [2.24, 2.45) is 11.0 Å². The van der Waals surface area contributed by atoms with Gasteiger partial charge in [0.1, 0.15) is 0 Å². The molecule has 1 amide bonds. The summed E-state index contributed by atoms with van der Waals surface area (Å²) >= 11 is 0. The van der Waals surface area contributed by atoms with Gasteiger partial charge < -0.3 is 0 Å². The second-order valence-electron chi connectivity index (χ2n) is 5.41. The van der Waals surface area contributed by atoms with Crippen molar-refractivity contribution in [2.75, 3.05) is 13.1 Å². The topological polar surface area (TPSA) is 78.8 Å². The number of rotatable bonds is 9. The van der Waals surface area contributed by atoms with Crippen LogP contribution in [0.15, 0.2) is 34.3 Å². The van der Waals surface area contributed by atoms with Crippen LogP contribution in [0.4, 0.5) is 0 Å². The lowest BCUT2D eigenvalue weighted by molar-refractivity contribution is 0.0954. The maximum Gasteiger partial charge on any atom is 0.271 e. The molecule has 0 saturated carbocycles. The third-order valence-electron chi connectivity index (χ3n) is 3.94. The smallest absolute Gasteiger partial charge is 0.267 e. The van der Waals surface area contributed by atoms with Gasteiger partial charge in [-0.1, -0.05) is 33.8 Å². The summed E-state index contributed by atoms with van der Waals surface area (Å²) < 4.78 is 26.4. The zero-order valence-electron chi connectivity index (χ0n) is 14.8. The van der Waals surface area contributed by atoms with Gasteiger partial charge in [0, 0.05) is 24.9 Å². The average Bonchev–Trinajstić information content (AvgIpc) is 2.59. The van der Waals surface area contributed by atoms with Gasteiger partial charge in [-0.3, -0.25) is 4.79 Å². The Labute approximate surface area is 145 Å². The lowest BCUT2D eigenvalue weighted by atomic mass is 10.1. The fraction of sp³-hybridized carbons (Fsp3) is 0.529. The molecule has 1 aromatic rings. The minimum absolute atomic E-state index is 0.114. The number of nitrogens with one attached hydrogen (secondary N) is 1. The second kappa shape index (κ2) is 9.54. The van der Waals surface area contributed by atoms with Gasteiger partial charge in [0.15, 0.2) is 0 Å². The highest BCUT2D eigenvalue weighted by Gasteiger charge is 2.22. The summed E-state index contributed by atoms with van der Waals surface area (Å²) in [5.41, 5.74) is 2.72. The normalized spacial score (nSPS) is 12.2. The molecule has 0 fully saturated rings. The van der Waals surface area contributed by atoms with Crippen LogP contribution in [0.2, 0.25) is 0 Å². The fourth-order valence-corrected chi connectivity index (χ4v) is 3.78. The van der Waals surface area contributed by atoms with Gasteiger partial charge in [0.25, 0.3) is 5.91 Å². The van der Waals surface area contributed by atoms with Crippen LogP contribution in [0.25, 0.3) is 0 Å². The van der Waals surface area contributed by atoms with E-state index >= 15 is 0 Å². The third-order valence-corrected chi connectivity index (χ3v) is 5.99. The zero-order chi connectivity index (χ0) is 18.2. The Bertz CT molecular complexity index is 663. The molecule has 0 unspecified atom stereocenters. The molecule has 0 atom stereocenters. The van der Waals surface area contributed by atoms with E-state index in [1.807, 2.05) is 0 Å². The number of amides is 1. The minimum Gasteiger partial charge on any atom is -0.267 e. The first-order valence-electron chi connectivity index (χ1n) is 8.34. The van der Waals surface area contributed by atoms with Crippen molar-refractivity contribution in [2.45, 2.75) is 45.4 Å². The van der Waals surface area contributed by atoms with Crippen LogP contribution < -0.4 is 5.43 Å². The van der Waals surface area contributed by atoms with Gasteiger partial charge in [-0.25, -0.2) is 13.8 Å². The van der Waals surface area contributed by atoms with E-state index in [4.69, 9.17) is 0 Å². The molecular weight excluding hydrogens is 326 g/mol. The molecule has 0 aliphatic heterocycles. The summed E-state index contributed by atoms with van der Waals surface area (Å²) in [4.78, 5) is 12.3. The minimum atomic E-state index is -3.58. The van der Waals surface area contributed by atoms with E-state index in [1.165, 1.54) is 16.4 Å². The monoisotopic (exact) mass is 353 g/mol. The van der Waals surface area contributed by atoms with Gasteiger partial charge in [-0.05, 0) is 37.0 Å². The summed E-state index contributed by atoms with van der Waals surface area (Å²) in [5.74, 6) is -0.103. The molecule has 0 radical (unpaired) electrons. The number of carbonyl (C=O) groups is 1. The zero-order valence-corrected chi connectivity index (χ0v) is 15.6. The highest BCUT2D eigenvalue weighted by molar-refractivity contribution is 7.89. The van der Waals surface area contributed by atoms with Gasteiger partial charge in [-0.2, -0.15) is 9.41 Å². The Kier molecular flexibility index (Phi) is 8.07. The van der Waals surface area contributed by atoms with E-state index < -0.39 is 15.9 Å². The third kappa shape index (κ3) is 5.14. The molecule has 0 aliphatic rings. The Hall–Kier alpha value is -1.73. The maximum atomic E-state index is 12.5. The van der Waals surface area contributed by atoms with Crippen molar-refractivity contribution in [3.63, 3.8) is 0 Å². The van der Waals surface area contributed by atoms with Gasteiger partial charge in [-0.15, -0.1) is 0 Å². The quantitative estimate of drug-likeness (QED) is 0.548. The fourth-order valence-electron chi connectivity index (χ4n) is 2.28. The number of nitrogens with zero attached hydrogens (tertiary/aromatic N) is 2. The predicted molar refractivity (Wildman–Crippen MR) is 96.6 cm³/mol. The van der Waals surface area contributed by atoms with E-state index in [9.17, 15) is 13.2 Å². The Morgan fingerprint density at radius 3 is 2.38 bits per heavy atom. The van der Waals surface area contributed by atoms with Crippen molar-refractivity contribution in [3.8, 4) is 0 Å². The van der Waals surface area contributed by atoms with Crippen molar-refractivity contribution < 1.29 is 13.2 Å². The molecule has 1 rings (SSSR count). The van der Waals surface area contributed by atoms with Crippen LogP contribution in [0.5, 0.6) is 0 Å². The van der Waals surface area contributed by atoms with Crippen LogP contribution in [-0.2, 0) is 10.0 Å². The number of benzene rings is 1. The first-order valence-corrected chi connectivity index (χ1v) is 9.78. The molecule has 134 valence electrons. The number of hydrogen-bond acceptors (Lipinski definition) is 4. The van der Waals surface area contributed by atoms with Crippen LogP contribution in [0.1, 0.15) is 50.9 Å². The molecule has 1 N–H and O–H groups in total. The number of carbonyl (C=O) groups excluding carboxylic acids is 1. The van der Waals surface area contributed by atoms with Crippen LogP contribution in [0.3, 0.4) is 0 Å². The first kappa shape index (κ1) is 20.3. The second-order valence-corrected chi connectivity index (χ2v) is 7.35. The average molecular weight is 353 g/mol. The standard InChI is InChI=1S/C17H27N3O3S/c1-5-14(6-2)13-18-19-17(21)15-10-9-11-16(12-15)24(22,23)20(7-3)8-4/h9-14H,5-8H2,1-4H3,(H,19,21)/b18-13+. The predicted octanol–water partition coefficient (Wildman–Crippen LogP) is 2.87. The van der Waals surface area contributed by atoms with Gasteiger partial charge in [0.2, 0.25) is 10.0 Å². The lowest BCUT2D eigenvalue weighted by Crippen LogP contribution is -2.30. The van der Waals surface area contributed by atoms with E-state index in [0.717, 1.165) is 12.8 Å². The largest absolute Gasteiger partial charge is 0.271 e. The SMILES string of the molecule is CCC(/C=N/NC(=O)c1cccc(S(=O)(=O)N(CC)CC)c1)CC. The van der Waals surface area contributed by atoms with Crippen LogP contribution >= 0.6 is 0 Å². The maximum absolute atomic E-state index is 12.5. The van der Waals surface area contributed by atoms with Crippen molar-refractivity contribution in [1.29, 1.82) is 0 Å². The van der Waals surface area contributed by atoms with Crippen LogP contribution in [0, 0.1) is 5.92 Å². The summed E-state index contributed by atoms with van der Waals surface area (Å²) in [5, 5.41) is 3.96. The molecule has 24 heavy (non-hydrogen) atoms. The molecule has 0 saturated heterocycles. The molecule has 0 spiro atoms. The number of hydrogen-bond donors (Lipinski definition) is 1. The Balaban J connectivity index is 2.94. The van der Waals surface area contributed by atoms with Gasteiger partial charge >= 0.3 is 0 Å². The molecule has 0 bridgehead atoms. The van der Waals surface area contributed by atoms with Crippen molar-refractivity contribution in [3.05, 3.63) is 29.8 Å². The first-order chi connectivity index (χ1) is 11.4. The number of hydrazone groups is 1. The molecule has 0 aromatic heterocycles. The highest BCUT2D eigenvalue weighted by atomic mass is 32.2. The Morgan fingerprint density at radius 1 is 1.21 bits per heavy atom. The molecule has 0 heterocycles. The van der Waals surface area contributed by atoms with Crippen molar-refractivity contribution in [1.82, 2.24) is 9.73 Å². The number of sulfonamides is 1. The summed E-state index contributed by atoms with van der Waals surface area (Å²) in [6.07, 6.45) is 3.62. The van der Waals surface area contributed by atoms with Crippen molar-refractivity contribution >= 4 is 22.1 Å². The lowest BCUT2D eigenvalue weighted by Gasteiger charge is -2.18. The van der Waals surface area contributed by atoms with Crippen LogP contribution in [-0.4, -0.2) is 37.9 Å². The molecule has 6 nitrogen and oxygen atoms in total. The molecular formula is C17H27N3O3S. The molecule has 7 heteroatoms. The molecule has 0 aliphatic carbocycles. The van der Waals surface area contributed by atoms with E-state index in [-0.39, 0.29) is 10.5 Å². The van der Waals surface area contributed by atoms with E-state index in [0.29, 0.717) is 19.0 Å². The highest BCUT2D eigenvalue weighted by Crippen LogP contribution is 2.17. The molecule has 1 aromatic carbocycles. The summed E-state index contributed by atoms with van der Waals surface area (Å²) in [6.45, 7) is 8.45. The summed E-state index contributed by atoms with van der Waals surface area (Å²) in [7, 11) is -3.58. The summed E-state index contributed by atoms with van der Waals surface area (Å²) in [6, 6.07) is 6.02. The van der Waals surface area contributed by atoms with Gasteiger partial charge in [0.05, 0.1) is 4.90 Å². The Morgan fingerprint density at radius 2 is 1.83 bits per heavy atom. The van der Waals surface area contributed by atoms with E-state index in [1.54, 1.807) is 32.2 Å².